The summed E-state index contributed by atoms with van der Waals surface area (Å²) in [7, 11) is 0. The number of nitrogens with one attached hydrogen (secondary N) is 2. The van der Waals surface area contributed by atoms with Gasteiger partial charge in [-0.3, -0.25) is 10.1 Å². The molecule has 0 spiro atoms. The van der Waals surface area contributed by atoms with Crippen molar-refractivity contribution in [3.05, 3.63) is 68.3 Å². The van der Waals surface area contributed by atoms with E-state index in [-0.39, 0.29) is 17.0 Å². The Kier molecular flexibility index (Phi) is 6.13. The van der Waals surface area contributed by atoms with Gasteiger partial charge in [-0.15, -0.1) is 5.10 Å². The molecule has 29 heavy (non-hydrogen) atoms. The van der Waals surface area contributed by atoms with Crippen molar-refractivity contribution in [2.75, 3.05) is 5.43 Å². The predicted molar refractivity (Wildman–Crippen MR) is 110 cm³/mol. The van der Waals surface area contributed by atoms with E-state index in [1.165, 1.54) is 46.3 Å². The highest BCUT2D eigenvalue weighted by Gasteiger charge is 2.09. The number of nitro groups is 1. The van der Waals surface area contributed by atoms with Crippen LogP contribution in [-0.4, -0.2) is 26.3 Å². The van der Waals surface area contributed by atoms with Gasteiger partial charge in [0, 0.05) is 17.9 Å². The third-order valence-corrected chi connectivity index (χ3v) is 5.10. The summed E-state index contributed by atoms with van der Waals surface area (Å²) in [6.45, 7) is 6.26. The standard InChI is InChI=1S/C19H20N6O3S/c1-11-6-12(2)16(13(3)7-11)10-29-19-21-18(23-24-19)22-20-9-14-8-15(25(27)28)4-5-17(14)26/h4-9,26H,10H2,1-3H3,(H2,21,22,23,24)/p-1/b20-9-. The Bertz CT molecular complexity index is 1060. The summed E-state index contributed by atoms with van der Waals surface area (Å²) in [5.74, 6) is 0.684. The first-order valence-electron chi connectivity index (χ1n) is 8.70. The zero-order valence-electron chi connectivity index (χ0n) is 16.1. The van der Waals surface area contributed by atoms with Gasteiger partial charge in [-0.05, 0) is 43.0 Å². The molecule has 3 rings (SSSR count). The molecule has 2 aromatic carbocycles. The Balaban J connectivity index is 1.62. The first-order chi connectivity index (χ1) is 13.8. The number of thioether (sulfide) groups is 1. The molecule has 0 saturated heterocycles. The molecule has 3 aromatic rings. The lowest BCUT2D eigenvalue weighted by Crippen LogP contribution is -1.99. The van der Waals surface area contributed by atoms with Crippen LogP contribution in [-0.2, 0) is 5.75 Å². The first-order valence-corrected chi connectivity index (χ1v) is 9.68. The summed E-state index contributed by atoms with van der Waals surface area (Å²) in [4.78, 5) is 14.5. The number of aromatic amines is 1. The second-order valence-corrected chi connectivity index (χ2v) is 7.42. The molecule has 0 aliphatic rings. The van der Waals surface area contributed by atoms with Crippen LogP contribution in [0.25, 0.3) is 0 Å². The zero-order chi connectivity index (χ0) is 21.0. The average Bonchev–Trinajstić information content (AvgIpc) is 3.10. The molecule has 10 heteroatoms. The summed E-state index contributed by atoms with van der Waals surface area (Å²) in [5.41, 5.74) is 7.53. The van der Waals surface area contributed by atoms with E-state index < -0.39 is 4.92 Å². The second-order valence-electron chi connectivity index (χ2n) is 6.48. The molecule has 0 fully saturated rings. The van der Waals surface area contributed by atoms with Crippen molar-refractivity contribution in [2.45, 2.75) is 31.7 Å². The third-order valence-electron chi connectivity index (χ3n) is 4.23. The van der Waals surface area contributed by atoms with Gasteiger partial charge >= 0.3 is 0 Å². The lowest BCUT2D eigenvalue weighted by Gasteiger charge is -2.09. The van der Waals surface area contributed by atoms with Crippen LogP contribution in [0.2, 0.25) is 0 Å². The van der Waals surface area contributed by atoms with Gasteiger partial charge in [0.2, 0.25) is 11.1 Å². The molecule has 0 atom stereocenters. The summed E-state index contributed by atoms with van der Waals surface area (Å²) >= 11 is 1.50. The van der Waals surface area contributed by atoms with Crippen molar-refractivity contribution < 1.29 is 10.0 Å². The van der Waals surface area contributed by atoms with E-state index in [4.69, 9.17) is 0 Å². The molecule has 150 valence electrons. The van der Waals surface area contributed by atoms with Gasteiger partial charge in [-0.1, -0.05) is 41.3 Å². The van der Waals surface area contributed by atoms with Crippen molar-refractivity contribution >= 4 is 29.6 Å². The molecule has 0 bridgehead atoms. The van der Waals surface area contributed by atoms with E-state index >= 15 is 0 Å². The van der Waals surface area contributed by atoms with Gasteiger partial charge in [0.25, 0.3) is 5.69 Å². The Hall–Kier alpha value is -3.40. The maximum Gasteiger partial charge on any atom is 0.270 e. The van der Waals surface area contributed by atoms with E-state index in [0.29, 0.717) is 11.1 Å². The fraction of sp³-hybridized carbons (Fsp3) is 0.211. The molecule has 0 amide bonds. The van der Waals surface area contributed by atoms with Crippen LogP contribution in [0.15, 0.2) is 40.6 Å². The van der Waals surface area contributed by atoms with E-state index in [9.17, 15) is 15.2 Å². The molecule has 1 heterocycles. The minimum Gasteiger partial charge on any atom is -0.872 e. The molecule has 9 nitrogen and oxygen atoms in total. The third kappa shape index (κ3) is 5.11. The predicted octanol–water partition coefficient (Wildman–Crippen LogP) is 3.45. The van der Waals surface area contributed by atoms with Crippen LogP contribution in [0.1, 0.15) is 27.8 Å². The van der Waals surface area contributed by atoms with Crippen molar-refractivity contribution in [1.29, 1.82) is 0 Å². The number of aromatic nitrogens is 3. The number of rotatable bonds is 7. The topological polar surface area (TPSA) is 132 Å². The highest BCUT2D eigenvalue weighted by Crippen LogP contribution is 2.25. The fourth-order valence-corrected chi connectivity index (χ4v) is 3.84. The van der Waals surface area contributed by atoms with Crippen molar-refractivity contribution in [3.63, 3.8) is 0 Å². The van der Waals surface area contributed by atoms with Crippen molar-refractivity contribution in [2.24, 2.45) is 5.10 Å². The number of H-pyrrole nitrogens is 1. The van der Waals surface area contributed by atoms with Crippen LogP contribution in [0, 0.1) is 30.9 Å². The number of aryl methyl sites for hydroxylation is 3. The second kappa shape index (κ2) is 8.74. The molecular weight excluding hydrogens is 392 g/mol. The average molecular weight is 411 g/mol. The quantitative estimate of drug-likeness (QED) is 0.263. The first kappa shape index (κ1) is 20.3. The number of hydrazone groups is 1. The maximum absolute atomic E-state index is 11.8. The number of nitro benzene ring substituents is 1. The molecule has 0 aliphatic heterocycles. The SMILES string of the molecule is Cc1cc(C)c(CSc2n[nH]c(N/N=C\c3cc([N+](=O)[O-])ccc3[O-])n2)c(C)c1. The van der Waals surface area contributed by atoms with E-state index in [0.717, 1.165) is 17.9 Å². The number of hydrogen-bond acceptors (Lipinski definition) is 8. The Morgan fingerprint density at radius 1 is 1.24 bits per heavy atom. The Morgan fingerprint density at radius 3 is 2.66 bits per heavy atom. The highest BCUT2D eigenvalue weighted by atomic mass is 32.2. The lowest BCUT2D eigenvalue weighted by molar-refractivity contribution is -0.385. The summed E-state index contributed by atoms with van der Waals surface area (Å²) in [6.07, 6.45) is 1.21. The minimum absolute atomic E-state index is 0.103. The van der Waals surface area contributed by atoms with Gasteiger partial charge in [-0.2, -0.15) is 10.1 Å². The van der Waals surface area contributed by atoms with Gasteiger partial charge < -0.3 is 5.11 Å². The molecule has 0 unspecified atom stereocenters. The van der Waals surface area contributed by atoms with Gasteiger partial charge in [0.05, 0.1) is 11.1 Å². The smallest absolute Gasteiger partial charge is 0.270 e. The maximum atomic E-state index is 11.8. The van der Waals surface area contributed by atoms with Crippen LogP contribution in [0.5, 0.6) is 5.75 Å². The molecule has 1 aromatic heterocycles. The number of benzene rings is 2. The van der Waals surface area contributed by atoms with Gasteiger partial charge in [0.1, 0.15) is 0 Å². The zero-order valence-corrected chi connectivity index (χ0v) is 16.9. The summed E-state index contributed by atoms with van der Waals surface area (Å²) in [5, 5.41) is 33.9. The van der Waals surface area contributed by atoms with Crippen molar-refractivity contribution in [3.8, 4) is 5.75 Å². The summed E-state index contributed by atoms with van der Waals surface area (Å²) in [6, 6.07) is 7.77. The summed E-state index contributed by atoms with van der Waals surface area (Å²) < 4.78 is 0. The molecule has 2 N–H and O–H groups in total. The normalized spacial score (nSPS) is 11.1. The van der Waals surface area contributed by atoms with Crippen molar-refractivity contribution in [1.82, 2.24) is 15.2 Å². The van der Waals surface area contributed by atoms with E-state index in [2.05, 4.69) is 58.6 Å². The van der Waals surface area contributed by atoms with Gasteiger partial charge in [0.15, 0.2) is 0 Å². The fourth-order valence-electron chi connectivity index (χ4n) is 2.85. The Labute approximate surface area is 171 Å². The van der Waals surface area contributed by atoms with Crippen LogP contribution in [0.4, 0.5) is 11.6 Å². The van der Waals surface area contributed by atoms with Crippen LogP contribution in [0.3, 0.4) is 0 Å². The molecular formula is C19H19N6O3S-. The lowest BCUT2D eigenvalue weighted by atomic mass is 10.0. The Morgan fingerprint density at radius 2 is 1.97 bits per heavy atom. The number of anilines is 1. The van der Waals surface area contributed by atoms with Gasteiger partial charge in [-0.25, -0.2) is 10.5 Å². The molecule has 0 aliphatic carbocycles. The number of hydrogen-bond donors (Lipinski definition) is 2. The monoisotopic (exact) mass is 411 g/mol. The largest absolute Gasteiger partial charge is 0.872 e. The minimum atomic E-state index is -0.568. The number of non-ortho nitro benzene ring substituents is 1. The molecule has 0 saturated carbocycles. The van der Waals surface area contributed by atoms with E-state index in [1.54, 1.807) is 0 Å². The van der Waals surface area contributed by atoms with Crippen LogP contribution < -0.4 is 10.5 Å². The van der Waals surface area contributed by atoms with E-state index in [1.807, 2.05) is 0 Å². The molecule has 0 radical (unpaired) electrons. The highest BCUT2D eigenvalue weighted by molar-refractivity contribution is 7.98. The number of nitrogens with zero attached hydrogens (tertiary/aromatic N) is 4. The van der Waals surface area contributed by atoms with Crippen LogP contribution >= 0.6 is 11.8 Å².